The fourth-order valence-electron chi connectivity index (χ4n) is 2.69. The molecule has 0 saturated carbocycles. The monoisotopic (exact) mass is 328 g/mol. The molecule has 0 fully saturated rings. The van der Waals surface area contributed by atoms with Crippen LogP contribution in [0.15, 0.2) is 59.7 Å². The summed E-state index contributed by atoms with van der Waals surface area (Å²) in [5.41, 5.74) is 2.93. The number of amides is 1. The smallest absolute Gasteiger partial charge is 0.258 e. The van der Waals surface area contributed by atoms with E-state index >= 15 is 0 Å². The number of methoxy groups -OCH3 is 1. The average Bonchev–Trinajstić information content (AvgIpc) is 3.07. The van der Waals surface area contributed by atoms with Gasteiger partial charge in [-0.25, -0.2) is 5.01 Å². The molecule has 0 saturated heterocycles. The van der Waals surface area contributed by atoms with E-state index in [0.717, 1.165) is 22.6 Å². The summed E-state index contributed by atoms with van der Waals surface area (Å²) in [7, 11) is 1.63. The summed E-state index contributed by atoms with van der Waals surface area (Å²) in [5.74, 6) is 0.502. The summed E-state index contributed by atoms with van der Waals surface area (Å²) in [5, 5.41) is 6.01. The van der Waals surface area contributed by atoms with Gasteiger partial charge in [0.2, 0.25) is 0 Å². The number of hydrogen-bond donors (Lipinski definition) is 0. The molecule has 0 aliphatic carbocycles. The van der Waals surface area contributed by atoms with Gasteiger partial charge in [0, 0.05) is 6.42 Å². The maximum Gasteiger partial charge on any atom is 0.258 e. The largest absolute Gasteiger partial charge is 0.497 e. The Bertz CT molecular complexity index is 714. The number of carbonyl (C=O) groups is 1. The van der Waals surface area contributed by atoms with E-state index in [-0.39, 0.29) is 17.8 Å². The summed E-state index contributed by atoms with van der Waals surface area (Å²) >= 11 is 5.75. The number of hydrazone groups is 1. The van der Waals surface area contributed by atoms with Crippen molar-refractivity contribution in [3.8, 4) is 5.75 Å². The fraction of sp³-hybridized carbons (Fsp3) is 0.222. The van der Waals surface area contributed by atoms with Crippen molar-refractivity contribution < 1.29 is 9.53 Å². The summed E-state index contributed by atoms with van der Waals surface area (Å²) in [4.78, 5) is 12.2. The molecule has 0 aromatic heterocycles. The highest BCUT2D eigenvalue weighted by Crippen LogP contribution is 2.33. The van der Waals surface area contributed by atoms with Crippen LogP contribution in [0.5, 0.6) is 5.75 Å². The molecule has 0 spiro atoms. The number of carbonyl (C=O) groups excluding carboxylic acids is 1. The van der Waals surface area contributed by atoms with Gasteiger partial charge in [-0.15, -0.1) is 11.6 Å². The average molecular weight is 329 g/mol. The number of halogens is 1. The highest BCUT2D eigenvalue weighted by atomic mass is 35.5. The van der Waals surface area contributed by atoms with Crippen molar-refractivity contribution in [3.63, 3.8) is 0 Å². The molecule has 1 heterocycles. The van der Waals surface area contributed by atoms with Gasteiger partial charge in [-0.05, 0) is 23.3 Å². The molecule has 3 rings (SSSR count). The van der Waals surface area contributed by atoms with Gasteiger partial charge in [-0.2, -0.15) is 5.10 Å². The first-order chi connectivity index (χ1) is 11.2. The fourth-order valence-corrected chi connectivity index (χ4v) is 2.81. The highest BCUT2D eigenvalue weighted by Gasteiger charge is 2.32. The Kier molecular flexibility index (Phi) is 4.63. The lowest BCUT2D eigenvalue weighted by molar-refractivity contribution is -0.130. The molecule has 4 nitrogen and oxygen atoms in total. The normalized spacial score (nSPS) is 17.0. The van der Waals surface area contributed by atoms with Crippen molar-refractivity contribution in [2.24, 2.45) is 5.10 Å². The van der Waals surface area contributed by atoms with Crippen LogP contribution >= 0.6 is 11.6 Å². The van der Waals surface area contributed by atoms with Gasteiger partial charge in [-0.3, -0.25) is 4.79 Å². The number of ether oxygens (including phenoxy) is 1. The molecule has 23 heavy (non-hydrogen) atoms. The second-order valence-corrected chi connectivity index (χ2v) is 5.55. The molecule has 2 aromatic carbocycles. The molecule has 118 valence electrons. The van der Waals surface area contributed by atoms with Crippen LogP contribution < -0.4 is 4.74 Å². The molecular formula is C18H17ClN2O2. The van der Waals surface area contributed by atoms with E-state index in [1.54, 1.807) is 7.11 Å². The van der Waals surface area contributed by atoms with E-state index < -0.39 is 0 Å². The van der Waals surface area contributed by atoms with Gasteiger partial charge in [-0.1, -0.05) is 42.5 Å². The third-order valence-electron chi connectivity index (χ3n) is 3.89. The zero-order valence-electron chi connectivity index (χ0n) is 12.8. The van der Waals surface area contributed by atoms with E-state index in [2.05, 4.69) is 5.10 Å². The van der Waals surface area contributed by atoms with Crippen LogP contribution in [0, 0.1) is 0 Å². The molecule has 0 radical (unpaired) electrons. The number of alkyl halides is 1. The summed E-state index contributed by atoms with van der Waals surface area (Å²) in [6.45, 7) is 0. The van der Waals surface area contributed by atoms with E-state index in [9.17, 15) is 4.79 Å². The first-order valence-corrected chi connectivity index (χ1v) is 7.91. The van der Waals surface area contributed by atoms with Gasteiger partial charge in [0.05, 0.1) is 18.9 Å². The quantitative estimate of drug-likeness (QED) is 0.804. The summed E-state index contributed by atoms with van der Waals surface area (Å²) in [6.07, 6.45) is 0.666. The zero-order chi connectivity index (χ0) is 16.2. The maximum atomic E-state index is 12.2. The predicted octanol–water partition coefficient (Wildman–Crippen LogP) is 3.61. The van der Waals surface area contributed by atoms with Crippen LogP contribution in [0.1, 0.15) is 23.6 Å². The van der Waals surface area contributed by atoms with Crippen molar-refractivity contribution in [2.75, 3.05) is 13.0 Å². The molecule has 1 atom stereocenters. The minimum absolute atomic E-state index is 0.0851. The lowest BCUT2D eigenvalue weighted by Gasteiger charge is -2.21. The van der Waals surface area contributed by atoms with E-state index in [1.807, 2.05) is 54.6 Å². The van der Waals surface area contributed by atoms with Crippen molar-refractivity contribution in [2.45, 2.75) is 12.5 Å². The molecule has 1 aliphatic rings. The zero-order valence-corrected chi connectivity index (χ0v) is 13.5. The number of rotatable bonds is 4. The van der Waals surface area contributed by atoms with Crippen LogP contribution in [0.25, 0.3) is 0 Å². The maximum absolute atomic E-state index is 12.2. The second kappa shape index (κ2) is 6.84. The Morgan fingerprint density at radius 1 is 1.22 bits per heavy atom. The number of nitrogens with zero attached hydrogens (tertiary/aromatic N) is 2. The molecule has 5 heteroatoms. The Balaban J connectivity index is 1.92. The molecule has 2 aromatic rings. The summed E-state index contributed by atoms with van der Waals surface area (Å²) in [6, 6.07) is 17.4. The molecule has 0 bridgehead atoms. The van der Waals surface area contributed by atoms with Crippen molar-refractivity contribution in [1.82, 2.24) is 5.01 Å². The Morgan fingerprint density at radius 2 is 1.91 bits per heavy atom. The first-order valence-electron chi connectivity index (χ1n) is 7.38. The minimum Gasteiger partial charge on any atom is -0.497 e. The second-order valence-electron chi connectivity index (χ2n) is 5.28. The Hall–Kier alpha value is -2.33. The lowest BCUT2D eigenvalue weighted by atomic mass is 9.98. The summed E-state index contributed by atoms with van der Waals surface area (Å²) < 4.78 is 5.19. The van der Waals surface area contributed by atoms with Crippen LogP contribution in [-0.2, 0) is 4.79 Å². The number of benzene rings is 2. The van der Waals surface area contributed by atoms with Gasteiger partial charge in [0.15, 0.2) is 0 Å². The van der Waals surface area contributed by atoms with Gasteiger partial charge in [0.25, 0.3) is 5.91 Å². The van der Waals surface area contributed by atoms with Crippen molar-refractivity contribution in [3.05, 3.63) is 65.7 Å². The Labute approximate surface area is 140 Å². The third kappa shape index (κ3) is 3.22. The molecular weight excluding hydrogens is 312 g/mol. The highest BCUT2D eigenvalue weighted by molar-refractivity contribution is 6.27. The molecule has 1 unspecified atom stereocenters. The van der Waals surface area contributed by atoms with E-state index in [1.165, 1.54) is 5.01 Å². The topological polar surface area (TPSA) is 41.9 Å². The van der Waals surface area contributed by atoms with Crippen LogP contribution in [0.4, 0.5) is 0 Å². The van der Waals surface area contributed by atoms with Crippen molar-refractivity contribution >= 4 is 23.2 Å². The lowest BCUT2D eigenvalue weighted by Crippen LogP contribution is -2.27. The van der Waals surface area contributed by atoms with E-state index in [4.69, 9.17) is 16.3 Å². The van der Waals surface area contributed by atoms with Crippen LogP contribution in [0.2, 0.25) is 0 Å². The van der Waals surface area contributed by atoms with Gasteiger partial charge in [0.1, 0.15) is 11.6 Å². The van der Waals surface area contributed by atoms with Gasteiger partial charge < -0.3 is 4.74 Å². The third-order valence-corrected chi connectivity index (χ3v) is 4.12. The number of hydrogen-bond acceptors (Lipinski definition) is 3. The van der Waals surface area contributed by atoms with Crippen molar-refractivity contribution in [1.29, 1.82) is 0 Å². The molecule has 1 aliphatic heterocycles. The standard InChI is InChI=1S/C18H17ClN2O2/c1-23-15-9-7-14(8-10-15)17-11-16(13-5-3-2-4-6-13)20-21(17)18(22)12-19/h2-10,17H,11-12H2,1H3. The SMILES string of the molecule is COc1ccc(C2CC(c3ccccc3)=NN2C(=O)CCl)cc1. The Morgan fingerprint density at radius 3 is 2.52 bits per heavy atom. The molecule has 0 N–H and O–H groups in total. The van der Waals surface area contributed by atoms with E-state index in [0.29, 0.717) is 6.42 Å². The predicted molar refractivity (Wildman–Crippen MR) is 90.9 cm³/mol. The molecule has 1 amide bonds. The van der Waals surface area contributed by atoms with Gasteiger partial charge >= 0.3 is 0 Å². The minimum atomic E-state index is -0.196. The first kappa shape index (κ1) is 15.6. The van der Waals surface area contributed by atoms with Crippen LogP contribution in [-0.4, -0.2) is 29.6 Å². The van der Waals surface area contributed by atoms with Crippen LogP contribution in [0.3, 0.4) is 0 Å².